The van der Waals surface area contributed by atoms with Gasteiger partial charge in [-0.25, -0.2) is 0 Å². The monoisotopic (exact) mass is 506 g/mol. The first-order valence-electron chi connectivity index (χ1n) is 9.65. The molecule has 1 aromatic heterocycles. The summed E-state index contributed by atoms with van der Waals surface area (Å²) in [6.07, 6.45) is 9.30. The third-order valence-corrected chi connectivity index (χ3v) is 10.2. The van der Waals surface area contributed by atoms with Gasteiger partial charge in [0.2, 0.25) is 0 Å². The summed E-state index contributed by atoms with van der Waals surface area (Å²) in [5.41, 5.74) is 8.18. The zero-order chi connectivity index (χ0) is 18.5. The largest absolute Gasteiger partial charge is 1.00 e. The number of benzene rings is 3. The summed E-state index contributed by atoms with van der Waals surface area (Å²) in [6.45, 7) is 0. The van der Waals surface area contributed by atoms with Crippen molar-refractivity contribution in [1.82, 2.24) is 9.78 Å². The van der Waals surface area contributed by atoms with Gasteiger partial charge in [-0.15, -0.1) is 0 Å². The van der Waals surface area contributed by atoms with E-state index < -0.39 is 23.2 Å². The number of rotatable bonds is 3. The molecule has 0 N–H and O–H groups in total. The molecule has 0 amide bonds. The fourth-order valence-corrected chi connectivity index (χ4v) is 8.87. The number of allylic oxidation sites excluding steroid dienone is 2. The van der Waals surface area contributed by atoms with E-state index in [1.54, 1.807) is 0 Å². The van der Waals surface area contributed by atoms with Gasteiger partial charge in [0.25, 0.3) is 0 Å². The molecule has 5 heteroatoms. The van der Waals surface area contributed by atoms with Crippen LogP contribution in [-0.4, -0.2) is 9.78 Å². The van der Waals surface area contributed by atoms with Crippen LogP contribution >= 0.6 is 0 Å². The second kappa shape index (κ2) is 8.67. The van der Waals surface area contributed by atoms with Gasteiger partial charge in [0.05, 0.1) is 0 Å². The van der Waals surface area contributed by atoms with Crippen LogP contribution in [0.3, 0.4) is 0 Å². The van der Waals surface area contributed by atoms with Crippen molar-refractivity contribution in [2.24, 2.45) is 0 Å². The first-order valence-corrected chi connectivity index (χ1v) is 12.5. The summed E-state index contributed by atoms with van der Waals surface area (Å²) < 4.78 is 3.26. The van der Waals surface area contributed by atoms with Crippen LogP contribution in [0.15, 0.2) is 85.1 Å². The molecule has 4 aromatic rings. The van der Waals surface area contributed by atoms with E-state index in [-0.39, 0.29) is 24.8 Å². The number of halogens is 2. The fraction of sp³-hybridized carbons (Fsp3) is 0.0800. The topological polar surface area (TPSA) is 17.8 Å². The van der Waals surface area contributed by atoms with Crippen LogP contribution < -0.4 is 24.8 Å². The molecule has 0 bridgehead atoms. The maximum Gasteiger partial charge on any atom is -1.00 e. The van der Waals surface area contributed by atoms with E-state index in [4.69, 9.17) is 5.10 Å². The van der Waals surface area contributed by atoms with Crippen LogP contribution in [0.2, 0.25) is 0 Å². The average Bonchev–Trinajstić information content (AvgIpc) is 3.44. The van der Waals surface area contributed by atoms with Crippen LogP contribution in [0.5, 0.6) is 0 Å². The van der Waals surface area contributed by atoms with E-state index in [0.29, 0.717) is 7.25 Å². The van der Waals surface area contributed by atoms with Crippen molar-refractivity contribution in [2.45, 2.75) is 7.25 Å². The quantitative estimate of drug-likeness (QED) is 0.380. The Morgan fingerprint density at radius 1 is 0.767 bits per heavy atom. The number of aromatic nitrogens is 2. The molecular formula is C25H18Cl2N2Zr. The van der Waals surface area contributed by atoms with Gasteiger partial charge in [-0.2, -0.15) is 0 Å². The Morgan fingerprint density at radius 2 is 1.47 bits per heavy atom. The minimum Gasteiger partial charge on any atom is -1.00 e. The van der Waals surface area contributed by atoms with E-state index in [9.17, 15) is 0 Å². The Kier molecular flexibility index (Phi) is 6.16. The van der Waals surface area contributed by atoms with Gasteiger partial charge >= 0.3 is 176 Å². The van der Waals surface area contributed by atoms with Gasteiger partial charge in [-0.05, 0) is 0 Å². The summed E-state index contributed by atoms with van der Waals surface area (Å²) in [5.74, 6) is 0. The zero-order valence-corrected chi connectivity index (χ0v) is 20.0. The van der Waals surface area contributed by atoms with Gasteiger partial charge in [0, 0.05) is 0 Å². The molecule has 0 fully saturated rings. The molecule has 2 nitrogen and oxygen atoms in total. The maximum atomic E-state index is 4.90. The molecule has 0 aliphatic heterocycles. The molecular weight excluding hydrogens is 490 g/mol. The molecule has 6 rings (SSSR count). The SMILES string of the molecule is C1=C[CH]([Zr+2][CH]2C(n3cc4ccccc4n3)=Cc3ccccc32)c2ccccc21.[Cl-].[Cl-]. The standard InChI is InChI=1S/C16H11N2.C9H7.2ClH.Zr/c1-2-6-13-10-15(9-12(13)5-1)18-11-14-7-3-4-8-16(14)17-18;1-2-5-9-7-3-6-8(9)4-1;;;/h1-11H;1-7H;2*1H;/q;;;;+2/p-2. The van der Waals surface area contributed by atoms with Crippen molar-refractivity contribution >= 4 is 28.8 Å². The van der Waals surface area contributed by atoms with Gasteiger partial charge < -0.3 is 24.8 Å². The molecule has 30 heavy (non-hydrogen) atoms. The number of hydrogen-bond donors (Lipinski definition) is 0. The Bertz CT molecular complexity index is 1240. The number of hydrogen-bond acceptors (Lipinski definition) is 1. The van der Waals surface area contributed by atoms with Crippen LogP contribution in [0.25, 0.3) is 28.8 Å². The summed E-state index contributed by atoms with van der Waals surface area (Å²) in [6, 6.07) is 26.1. The minimum absolute atomic E-state index is 0. The van der Waals surface area contributed by atoms with Gasteiger partial charge in [-0.1, -0.05) is 0 Å². The molecule has 0 spiro atoms. The van der Waals surface area contributed by atoms with Crippen molar-refractivity contribution in [3.05, 3.63) is 107 Å². The molecule has 0 saturated heterocycles. The molecule has 146 valence electrons. The molecule has 2 unspecified atom stereocenters. The van der Waals surface area contributed by atoms with Crippen LogP contribution in [0.1, 0.15) is 29.5 Å². The molecule has 2 aliphatic rings. The summed E-state index contributed by atoms with van der Waals surface area (Å²) in [5, 5.41) is 6.11. The van der Waals surface area contributed by atoms with Gasteiger partial charge in [-0.3, -0.25) is 0 Å². The third-order valence-electron chi connectivity index (χ3n) is 5.73. The summed E-state index contributed by atoms with van der Waals surface area (Å²) >= 11 is -0.845. The second-order valence-electron chi connectivity index (χ2n) is 7.40. The fourth-order valence-electron chi connectivity index (χ4n) is 4.35. The van der Waals surface area contributed by atoms with Gasteiger partial charge in [0.1, 0.15) is 0 Å². The molecule has 2 aliphatic carbocycles. The second-order valence-corrected chi connectivity index (χ2v) is 11.2. The van der Waals surface area contributed by atoms with E-state index in [0.717, 1.165) is 5.52 Å². The predicted molar refractivity (Wildman–Crippen MR) is 111 cm³/mol. The minimum atomic E-state index is -0.845. The van der Waals surface area contributed by atoms with Crippen LogP contribution in [-0.2, 0) is 23.2 Å². The van der Waals surface area contributed by atoms with Crippen LogP contribution in [0, 0.1) is 0 Å². The van der Waals surface area contributed by atoms with Crippen LogP contribution in [0.4, 0.5) is 0 Å². The number of nitrogens with zero attached hydrogens (tertiary/aromatic N) is 2. The van der Waals surface area contributed by atoms with E-state index >= 15 is 0 Å². The van der Waals surface area contributed by atoms with Crippen molar-refractivity contribution in [1.29, 1.82) is 0 Å². The van der Waals surface area contributed by atoms with Crippen molar-refractivity contribution in [2.75, 3.05) is 0 Å². The van der Waals surface area contributed by atoms with Crippen molar-refractivity contribution < 1.29 is 48.0 Å². The third kappa shape index (κ3) is 3.54. The maximum absolute atomic E-state index is 4.90. The average molecular weight is 509 g/mol. The molecule has 3 aromatic carbocycles. The van der Waals surface area contributed by atoms with Crippen molar-refractivity contribution in [3.63, 3.8) is 0 Å². The molecule has 1 heterocycles. The summed E-state index contributed by atoms with van der Waals surface area (Å²) in [4.78, 5) is 0. The molecule has 2 atom stereocenters. The van der Waals surface area contributed by atoms with E-state index in [1.807, 2.05) is 0 Å². The Hall–Kier alpha value is -1.93. The molecule has 0 radical (unpaired) electrons. The number of fused-ring (bicyclic) bond motifs is 3. The summed E-state index contributed by atoms with van der Waals surface area (Å²) in [7, 11) is 0. The zero-order valence-electron chi connectivity index (χ0n) is 16.0. The smallest absolute Gasteiger partial charge is 1.00 e. The van der Waals surface area contributed by atoms with E-state index in [2.05, 4.69) is 102 Å². The normalized spacial score (nSPS) is 18.1. The Morgan fingerprint density at radius 3 is 2.30 bits per heavy atom. The van der Waals surface area contributed by atoms with E-state index in [1.165, 1.54) is 33.3 Å². The van der Waals surface area contributed by atoms with Gasteiger partial charge in [0.15, 0.2) is 0 Å². The Balaban J connectivity index is 0.00000109. The molecule has 0 saturated carbocycles. The van der Waals surface area contributed by atoms with Crippen molar-refractivity contribution in [3.8, 4) is 0 Å². The Labute approximate surface area is 200 Å². The first-order chi connectivity index (χ1) is 13.9. The predicted octanol–water partition coefficient (Wildman–Crippen LogP) is -0.0523. The first kappa shape index (κ1) is 21.3.